The molecular formula is C19H27N9O2. The van der Waals surface area contributed by atoms with Crippen molar-refractivity contribution < 1.29 is 9.59 Å². The molecule has 2 fully saturated rings. The number of carbonyl (C=O) groups is 2. The minimum atomic E-state index is -0.543. The number of amides is 3. The Bertz CT molecular complexity index is 1020. The fraction of sp³-hybridized carbons (Fsp3) is 0.526. The molecule has 4 rings (SSSR count). The van der Waals surface area contributed by atoms with Crippen LogP contribution in [0.3, 0.4) is 0 Å². The normalized spacial score (nSPS) is 18.2. The van der Waals surface area contributed by atoms with E-state index in [4.69, 9.17) is 0 Å². The third-order valence-corrected chi connectivity index (χ3v) is 4.79. The van der Waals surface area contributed by atoms with Gasteiger partial charge in [-0.25, -0.2) is 4.79 Å². The molecule has 0 spiro atoms. The maximum absolute atomic E-state index is 11.9. The van der Waals surface area contributed by atoms with Crippen molar-refractivity contribution in [3.8, 4) is 0 Å². The zero-order valence-electron chi connectivity index (χ0n) is 17.6. The highest BCUT2D eigenvalue weighted by molar-refractivity contribution is 6.14. The van der Waals surface area contributed by atoms with Crippen LogP contribution in [0.25, 0.3) is 11.7 Å². The van der Waals surface area contributed by atoms with Gasteiger partial charge >= 0.3 is 6.03 Å². The highest BCUT2D eigenvalue weighted by atomic mass is 16.2. The van der Waals surface area contributed by atoms with Gasteiger partial charge in [0, 0.05) is 24.7 Å². The number of anilines is 2. The summed E-state index contributed by atoms with van der Waals surface area (Å²) >= 11 is 0. The Labute approximate surface area is 174 Å². The van der Waals surface area contributed by atoms with Crippen LogP contribution in [0.4, 0.5) is 16.7 Å². The molecular weight excluding hydrogens is 386 g/mol. The lowest BCUT2D eigenvalue weighted by Gasteiger charge is -2.28. The van der Waals surface area contributed by atoms with Crippen molar-refractivity contribution in [2.75, 3.05) is 37.8 Å². The van der Waals surface area contributed by atoms with Gasteiger partial charge in [-0.15, -0.1) is 0 Å². The van der Waals surface area contributed by atoms with Crippen LogP contribution >= 0.6 is 0 Å². The van der Waals surface area contributed by atoms with Crippen LogP contribution in [-0.4, -0.2) is 69.6 Å². The molecule has 30 heavy (non-hydrogen) atoms. The van der Waals surface area contributed by atoms with Crippen LogP contribution in [0.1, 0.15) is 32.3 Å². The van der Waals surface area contributed by atoms with E-state index in [0.29, 0.717) is 35.7 Å². The lowest BCUT2D eigenvalue weighted by atomic mass is 9.93. The molecule has 1 aliphatic carbocycles. The van der Waals surface area contributed by atoms with Crippen molar-refractivity contribution in [2.24, 2.45) is 5.41 Å². The number of imide groups is 1. The van der Waals surface area contributed by atoms with Crippen LogP contribution in [0.5, 0.6) is 0 Å². The molecule has 0 bridgehead atoms. The van der Waals surface area contributed by atoms with E-state index in [1.165, 1.54) is 0 Å². The number of urea groups is 1. The number of carbonyl (C=O) groups excluding carboxylic acids is 2. The zero-order chi connectivity index (χ0) is 21.5. The summed E-state index contributed by atoms with van der Waals surface area (Å²) in [4.78, 5) is 34.7. The van der Waals surface area contributed by atoms with Crippen LogP contribution in [-0.2, 0) is 4.79 Å². The van der Waals surface area contributed by atoms with Crippen LogP contribution in [0, 0.1) is 5.41 Å². The minimum Gasteiger partial charge on any atom is -0.353 e. The van der Waals surface area contributed by atoms with Crippen LogP contribution < -0.4 is 21.3 Å². The maximum Gasteiger partial charge on any atom is 0.326 e. The van der Waals surface area contributed by atoms with Gasteiger partial charge < -0.3 is 20.9 Å². The summed E-state index contributed by atoms with van der Waals surface area (Å²) in [6.45, 7) is 5.96. The quantitative estimate of drug-likeness (QED) is 0.371. The van der Waals surface area contributed by atoms with Crippen molar-refractivity contribution in [3.05, 3.63) is 17.5 Å². The molecule has 1 saturated carbocycles. The maximum atomic E-state index is 11.9. The first-order chi connectivity index (χ1) is 14.2. The van der Waals surface area contributed by atoms with E-state index in [1.54, 1.807) is 16.8 Å². The van der Waals surface area contributed by atoms with E-state index in [9.17, 15) is 9.59 Å². The average Bonchev–Trinajstić information content (AvgIpc) is 3.28. The van der Waals surface area contributed by atoms with Gasteiger partial charge in [0.15, 0.2) is 5.65 Å². The number of nitrogens with zero attached hydrogens (tertiary/aromatic N) is 5. The fourth-order valence-electron chi connectivity index (χ4n) is 3.45. The first-order valence-electron chi connectivity index (χ1n) is 9.95. The van der Waals surface area contributed by atoms with E-state index in [2.05, 4.69) is 55.1 Å². The van der Waals surface area contributed by atoms with E-state index in [-0.39, 0.29) is 11.1 Å². The first-order valence-corrected chi connectivity index (χ1v) is 9.95. The summed E-state index contributed by atoms with van der Waals surface area (Å²) in [5, 5.41) is 15.8. The standard InChI is InChI=1S/C19H27N9O2/c1-19(2,10-27(3)4)9-20-16-24-14-11(7-13-15(29)25-18(30)23-13)8-21-28(14)17(26-16)22-12-5-6-12/h7-8,12H,5-6,9-10H2,1-4H3,(H2,20,22,24,26)(H2,23,25,29,30)/b13-7-. The molecule has 0 atom stereocenters. The Morgan fingerprint density at radius 1 is 1.27 bits per heavy atom. The molecule has 160 valence electrons. The SMILES string of the molecule is CN(C)CC(C)(C)CNc1nc(NC2CC2)n2ncc(/C=C3\NC(=O)NC3=O)c2n1. The smallest absolute Gasteiger partial charge is 0.326 e. The summed E-state index contributed by atoms with van der Waals surface area (Å²) in [6.07, 6.45) is 5.35. The molecule has 3 amide bonds. The summed E-state index contributed by atoms with van der Waals surface area (Å²) < 4.78 is 1.62. The number of hydrogen-bond acceptors (Lipinski definition) is 8. The highest BCUT2D eigenvalue weighted by Crippen LogP contribution is 2.26. The van der Waals surface area contributed by atoms with Crippen LogP contribution in [0.15, 0.2) is 11.9 Å². The molecule has 11 nitrogen and oxygen atoms in total. The second-order valence-electron chi connectivity index (χ2n) is 8.85. The number of nitrogens with one attached hydrogen (secondary N) is 4. The third-order valence-electron chi connectivity index (χ3n) is 4.79. The third kappa shape index (κ3) is 4.51. The molecule has 0 aromatic carbocycles. The Balaban J connectivity index is 1.66. The largest absolute Gasteiger partial charge is 0.353 e. The van der Waals surface area contributed by atoms with Gasteiger partial charge in [0.25, 0.3) is 5.91 Å². The topological polar surface area (TPSA) is 129 Å². The molecule has 0 radical (unpaired) electrons. The van der Waals surface area contributed by atoms with Gasteiger partial charge in [-0.3, -0.25) is 10.1 Å². The Hall–Kier alpha value is -3.21. The van der Waals surface area contributed by atoms with E-state index >= 15 is 0 Å². The first kappa shape index (κ1) is 20.1. The van der Waals surface area contributed by atoms with Crippen molar-refractivity contribution in [1.82, 2.24) is 35.1 Å². The van der Waals surface area contributed by atoms with Gasteiger partial charge in [0.2, 0.25) is 11.9 Å². The highest BCUT2D eigenvalue weighted by Gasteiger charge is 2.26. The predicted molar refractivity (Wildman–Crippen MR) is 113 cm³/mol. The minimum absolute atomic E-state index is 0.0142. The molecule has 2 aromatic rings. The predicted octanol–water partition coefficient (Wildman–Crippen LogP) is 0.879. The fourth-order valence-corrected chi connectivity index (χ4v) is 3.45. The van der Waals surface area contributed by atoms with Gasteiger partial charge in [0.05, 0.1) is 6.20 Å². The summed E-state index contributed by atoms with van der Waals surface area (Å²) in [5.41, 5.74) is 1.33. The summed E-state index contributed by atoms with van der Waals surface area (Å²) in [6, 6.07) is -0.161. The molecule has 3 heterocycles. The van der Waals surface area contributed by atoms with Crippen molar-refractivity contribution in [3.63, 3.8) is 0 Å². The van der Waals surface area contributed by atoms with E-state index < -0.39 is 11.9 Å². The molecule has 1 aliphatic heterocycles. The molecule has 2 aromatic heterocycles. The lowest BCUT2D eigenvalue weighted by Crippen LogP contribution is -2.34. The summed E-state index contributed by atoms with van der Waals surface area (Å²) in [7, 11) is 4.10. The van der Waals surface area contributed by atoms with Crippen molar-refractivity contribution in [1.29, 1.82) is 0 Å². The number of rotatable bonds is 8. The Morgan fingerprint density at radius 2 is 2.03 bits per heavy atom. The average molecular weight is 413 g/mol. The monoisotopic (exact) mass is 413 g/mol. The van der Waals surface area contributed by atoms with Gasteiger partial charge in [-0.2, -0.15) is 19.6 Å². The second-order valence-corrected chi connectivity index (χ2v) is 8.85. The Kier molecular flexibility index (Phi) is 5.06. The van der Waals surface area contributed by atoms with Crippen molar-refractivity contribution in [2.45, 2.75) is 32.7 Å². The van der Waals surface area contributed by atoms with E-state index in [1.807, 2.05) is 14.1 Å². The van der Waals surface area contributed by atoms with E-state index in [0.717, 1.165) is 19.4 Å². The van der Waals surface area contributed by atoms with Crippen LogP contribution in [0.2, 0.25) is 0 Å². The Morgan fingerprint density at radius 3 is 2.67 bits per heavy atom. The molecule has 1 saturated heterocycles. The molecule has 11 heteroatoms. The van der Waals surface area contributed by atoms with Gasteiger partial charge in [-0.05, 0) is 38.4 Å². The van der Waals surface area contributed by atoms with Gasteiger partial charge in [0.1, 0.15) is 5.70 Å². The second kappa shape index (κ2) is 7.56. The molecule has 4 N–H and O–H groups in total. The number of aromatic nitrogens is 4. The molecule has 2 aliphatic rings. The van der Waals surface area contributed by atoms with Crippen molar-refractivity contribution >= 4 is 35.6 Å². The summed E-state index contributed by atoms with van der Waals surface area (Å²) in [5.74, 6) is 0.603. The number of hydrogen-bond donors (Lipinski definition) is 4. The zero-order valence-corrected chi connectivity index (χ0v) is 17.6. The van der Waals surface area contributed by atoms with Gasteiger partial charge in [-0.1, -0.05) is 13.8 Å². The number of fused-ring (bicyclic) bond motifs is 1. The lowest BCUT2D eigenvalue weighted by molar-refractivity contribution is -0.115. The molecule has 0 unspecified atom stereocenters.